The smallest absolute Gasteiger partial charge is 0.271 e. The fourth-order valence-electron chi connectivity index (χ4n) is 3.30. The van der Waals surface area contributed by atoms with Crippen molar-refractivity contribution < 1.29 is 9.72 Å². The Morgan fingerprint density at radius 2 is 1.88 bits per heavy atom. The van der Waals surface area contributed by atoms with Gasteiger partial charge in [-0.2, -0.15) is 0 Å². The topological polar surface area (TPSA) is 107 Å². The summed E-state index contributed by atoms with van der Waals surface area (Å²) in [5.41, 5.74) is 1.37. The molecule has 0 aliphatic heterocycles. The van der Waals surface area contributed by atoms with Gasteiger partial charge in [-0.05, 0) is 42.8 Å². The van der Waals surface area contributed by atoms with E-state index in [4.69, 9.17) is 23.2 Å². The molecule has 0 saturated carbocycles. The number of hydrogen-bond donors (Lipinski definition) is 1. The normalized spacial score (nSPS) is 10.9. The highest BCUT2D eigenvalue weighted by Gasteiger charge is 2.18. The number of hydrogen-bond acceptors (Lipinski definition) is 6. The Morgan fingerprint density at radius 3 is 2.65 bits per heavy atom. The summed E-state index contributed by atoms with van der Waals surface area (Å²) < 4.78 is 1.43. The first kappa shape index (κ1) is 23.7. The maximum absolute atomic E-state index is 13.4. The zero-order chi connectivity index (χ0) is 24.4. The minimum Gasteiger partial charge on any atom is -0.324 e. The van der Waals surface area contributed by atoms with Crippen LogP contribution in [0.3, 0.4) is 0 Å². The molecule has 34 heavy (non-hydrogen) atoms. The van der Waals surface area contributed by atoms with Crippen molar-refractivity contribution in [1.82, 2.24) is 9.55 Å². The summed E-state index contributed by atoms with van der Waals surface area (Å²) in [5, 5.41) is 15.0. The van der Waals surface area contributed by atoms with Crippen LogP contribution in [0.25, 0.3) is 16.6 Å². The number of nitro groups is 1. The SMILES string of the molecule is Cc1c(Cl)cccc1-n1c(SCC(=O)Nc2cc([N+](=O)[O-])ccc2Cl)nc2ccccc2c1=O. The summed E-state index contributed by atoms with van der Waals surface area (Å²) >= 11 is 13.4. The van der Waals surface area contributed by atoms with Crippen LogP contribution >= 0.6 is 35.0 Å². The van der Waals surface area contributed by atoms with E-state index in [1.165, 1.54) is 22.8 Å². The largest absolute Gasteiger partial charge is 0.324 e. The number of carbonyl (C=O) groups excluding carboxylic acids is 1. The molecule has 0 bridgehead atoms. The fraction of sp³-hybridized carbons (Fsp3) is 0.0870. The average Bonchev–Trinajstić information content (AvgIpc) is 2.81. The molecule has 0 unspecified atom stereocenters. The maximum Gasteiger partial charge on any atom is 0.271 e. The molecule has 3 aromatic carbocycles. The summed E-state index contributed by atoms with van der Waals surface area (Å²) in [7, 11) is 0. The Balaban J connectivity index is 1.69. The molecule has 11 heteroatoms. The van der Waals surface area contributed by atoms with E-state index < -0.39 is 10.8 Å². The number of carbonyl (C=O) groups is 1. The summed E-state index contributed by atoms with van der Waals surface area (Å²) in [6.45, 7) is 1.80. The third kappa shape index (κ3) is 4.77. The standard InChI is InChI=1S/C23H16Cl2N4O4S/c1-13-16(24)6-4-8-20(13)28-22(31)15-5-2-3-7-18(15)27-23(28)34-12-21(30)26-19-11-14(29(32)33)9-10-17(19)25/h2-11H,12H2,1H3,(H,26,30). The van der Waals surface area contributed by atoms with E-state index >= 15 is 0 Å². The number of aromatic nitrogens is 2. The van der Waals surface area contributed by atoms with E-state index in [0.29, 0.717) is 32.3 Å². The Kier molecular flexibility index (Phi) is 6.87. The maximum atomic E-state index is 13.4. The molecule has 0 spiro atoms. The second-order valence-electron chi connectivity index (χ2n) is 7.19. The Hall–Kier alpha value is -3.40. The van der Waals surface area contributed by atoms with Gasteiger partial charge in [0, 0.05) is 17.2 Å². The van der Waals surface area contributed by atoms with Gasteiger partial charge in [0.2, 0.25) is 5.91 Å². The van der Waals surface area contributed by atoms with Gasteiger partial charge in [-0.15, -0.1) is 0 Å². The number of nitrogens with zero attached hydrogens (tertiary/aromatic N) is 3. The van der Waals surface area contributed by atoms with Crippen molar-refractivity contribution in [3.05, 3.63) is 96.7 Å². The molecule has 1 amide bonds. The van der Waals surface area contributed by atoms with Crippen molar-refractivity contribution in [3.63, 3.8) is 0 Å². The van der Waals surface area contributed by atoms with E-state index in [1.807, 2.05) is 0 Å². The van der Waals surface area contributed by atoms with Crippen LogP contribution in [0, 0.1) is 17.0 Å². The highest BCUT2D eigenvalue weighted by atomic mass is 35.5. The first-order valence-corrected chi connectivity index (χ1v) is 11.6. The number of halogens is 2. The van der Waals surface area contributed by atoms with Crippen molar-refractivity contribution in [3.8, 4) is 5.69 Å². The number of thioether (sulfide) groups is 1. The van der Waals surface area contributed by atoms with E-state index in [9.17, 15) is 19.7 Å². The number of para-hydroxylation sites is 1. The van der Waals surface area contributed by atoms with Gasteiger partial charge in [-0.25, -0.2) is 4.98 Å². The number of amides is 1. The third-order valence-corrected chi connectivity index (χ3v) is 6.67. The zero-order valence-electron chi connectivity index (χ0n) is 17.6. The molecule has 0 saturated heterocycles. The van der Waals surface area contributed by atoms with E-state index in [-0.39, 0.29) is 27.7 Å². The zero-order valence-corrected chi connectivity index (χ0v) is 19.9. The molecule has 0 fully saturated rings. The predicted molar refractivity (Wildman–Crippen MR) is 135 cm³/mol. The van der Waals surface area contributed by atoms with Crippen molar-refractivity contribution in [1.29, 1.82) is 0 Å². The minimum atomic E-state index is -0.578. The van der Waals surface area contributed by atoms with E-state index in [0.717, 1.165) is 11.8 Å². The van der Waals surface area contributed by atoms with Crippen LogP contribution in [-0.4, -0.2) is 26.1 Å². The molecule has 4 rings (SSSR count). The molecule has 8 nitrogen and oxygen atoms in total. The molecule has 0 aliphatic carbocycles. The minimum absolute atomic E-state index is 0.121. The van der Waals surface area contributed by atoms with Crippen LogP contribution in [0.5, 0.6) is 0 Å². The van der Waals surface area contributed by atoms with Gasteiger partial charge in [0.15, 0.2) is 5.16 Å². The second kappa shape index (κ2) is 9.84. The molecule has 1 N–H and O–H groups in total. The number of non-ortho nitro benzene ring substituents is 1. The van der Waals surface area contributed by atoms with Gasteiger partial charge in [0.05, 0.1) is 38.0 Å². The quantitative estimate of drug-likeness (QED) is 0.154. The molecule has 0 aliphatic rings. The molecule has 1 aromatic heterocycles. The molecular weight excluding hydrogens is 499 g/mol. The van der Waals surface area contributed by atoms with Crippen molar-refractivity contribution in [2.24, 2.45) is 0 Å². The van der Waals surface area contributed by atoms with Gasteiger partial charge in [-0.3, -0.25) is 24.3 Å². The number of anilines is 1. The molecule has 0 atom stereocenters. The van der Waals surface area contributed by atoms with Gasteiger partial charge in [0.25, 0.3) is 11.2 Å². The van der Waals surface area contributed by atoms with Crippen LogP contribution in [0.4, 0.5) is 11.4 Å². The highest BCUT2D eigenvalue weighted by molar-refractivity contribution is 7.99. The van der Waals surface area contributed by atoms with Crippen molar-refractivity contribution >= 4 is 63.1 Å². The molecule has 4 aromatic rings. The highest BCUT2D eigenvalue weighted by Crippen LogP contribution is 2.29. The lowest BCUT2D eigenvalue weighted by molar-refractivity contribution is -0.384. The van der Waals surface area contributed by atoms with Crippen LogP contribution in [-0.2, 0) is 4.79 Å². The predicted octanol–water partition coefficient (Wildman–Crippen LogP) is 5.64. The van der Waals surface area contributed by atoms with Crippen LogP contribution in [0.2, 0.25) is 10.0 Å². The van der Waals surface area contributed by atoms with Crippen LogP contribution in [0.15, 0.2) is 70.6 Å². The summed E-state index contributed by atoms with van der Waals surface area (Å²) in [5.74, 6) is -0.590. The lowest BCUT2D eigenvalue weighted by Gasteiger charge is -2.16. The average molecular weight is 515 g/mol. The monoisotopic (exact) mass is 514 g/mol. The number of fused-ring (bicyclic) bond motifs is 1. The van der Waals surface area contributed by atoms with Gasteiger partial charge in [-0.1, -0.05) is 53.2 Å². The Bertz CT molecular complexity index is 1510. The number of nitrogens with one attached hydrogen (secondary N) is 1. The van der Waals surface area contributed by atoms with Gasteiger partial charge < -0.3 is 5.32 Å². The van der Waals surface area contributed by atoms with E-state index in [2.05, 4.69) is 10.3 Å². The molecule has 172 valence electrons. The summed E-state index contributed by atoms with van der Waals surface area (Å²) in [6.07, 6.45) is 0. The molecular formula is C23H16Cl2N4O4S. The van der Waals surface area contributed by atoms with Crippen LogP contribution < -0.4 is 10.9 Å². The van der Waals surface area contributed by atoms with Crippen molar-refractivity contribution in [2.75, 3.05) is 11.1 Å². The fourth-order valence-corrected chi connectivity index (χ4v) is 4.44. The lowest BCUT2D eigenvalue weighted by Crippen LogP contribution is -2.23. The Labute approximate surface area is 207 Å². The number of nitro benzene ring substituents is 1. The first-order chi connectivity index (χ1) is 16.3. The molecule has 1 heterocycles. The van der Waals surface area contributed by atoms with Gasteiger partial charge in [0.1, 0.15) is 0 Å². The van der Waals surface area contributed by atoms with Crippen molar-refractivity contribution in [2.45, 2.75) is 12.1 Å². The second-order valence-corrected chi connectivity index (χ2v) is 8.95. The van der Waals surface area contributed by atoms with Crippen LogP contribution in [0.1, 0.15) is 5.56 Å². The van der Waals surface area contributed by atoms with Gasteiger partial charge >= 0.3 is 0 Å². The van der Waals surface area contributed by atoms with E-state index in [1.54, 1.807) is 49.4 Å². The third-order valence-electron chi connectivity index (χ3n) is 4.99. The first-order valence-electron chi connectivity index (χ1n) is 9.90. The summed E-state index contributed by atoms with van der Waals surface area (Å²) in [4.78, 5) is 41.1. The summed E-state index contributed by atoms with van der Waals surface area (Å²) in [6, 6.07) is 15.9. The Morgan fingerprint density at radius 1 is 1.12 bits per heavy atom. The number of rotatable bonds is 6. The number of benzene rings is 3. The lowest BCUT2D eigenvalue weighted by atomic mass is 10.2. The molecule has 0 radical (unpaired) electrons.